The lowest BCUT2D eigenvalue weighted by atomic mass is 10.2. The van der Waals surface area contributed by atoms with Crippen LogP contribution < -0.4 is 5.32 Å². The van der Waals surface area contributed by atoms with Gasteiger partial charge in [0, 0.05) is 20.8 Å². The van der Waals surface area contributed by atoms with Gasteiger partial charge in [0.1, 0.15) is 11.9 Å². The van der Waals surface area contributed by atoms with Gasteiger partial charge in [0.05, 0.1) is 0 Å². The molecule has 0 aliphatic carbocycles. The predicted molar refractivity (Wildman–Crippen MR) is 54.7 cm³/mol. The van der Waals surface area contributed by atoms with Gasteiger partial charge in [-0.3, -0.25) is 0 Å². The number of fused-ring (bicyclic) bond motifs is 1. The lowest BCUT2D eigenvalue weighted by Crippen LogP contribution is -2.34. The molecule has 1 N–H and O–H groups in total. The lowest BCUT2D eigenvalue weighted by Gasteiger charge is -2.29. The van der Waals surface area contributed by atoms with E-state index >= 15 is 0 Å². The molecule has 0 fully saturated rings. The Morgan fingerprint density at radius 3 is 2.87 bits per heavy atom. The normalized spacial score (nSPS) is 20.1. The number of aryl methyl sites for hydroxylation is 1. The molecule has 0 saturated carbocycles. The maximum absolute atomic E-state index is 5.27. The summed E-state index contributed by atoms with van der Waals surface area (Å²) < 4.78 is 12.4. The molecule has 1 aromatic rings. The molecule has 0 saturated heterocycles. The summed E-state index contributed by atoms with van der Waals surface area (Å²) in [5.74, 6) is 1.55. The molecule has 1 aliphatic heterocycles. The standard InChI is InChI=1S/C9H16N4O2/c1-6-11-9-10-5-4-7(13(9)12-6)8(14-2)15-3/h7-8H,4-5H2,1-3H3,(H,10,11,12). The van der Waals surface area contributed by atoms with Crippen molar-refractivity contribution >= 4 is 5.95 Å². The first-order chi connectivity index (χ1) is 7.26. The minimum atomic E-state index is -0.271. The number of hydrogen-bond acceptors (Lipinski definition) is 5. The zero-order chi connectivity index (χ0) is 10.8. The van der Waals surface area contributed by atoms with Crippen LogP contribution in [0.15, 0.2) is 0 Å². The first-order valence-corrected chi connectivity index (χ1v) is 4.99. The minimum absolute atomic E-state index is 0.0949. The van der Waals surface area contributed by atoms with Crippen molar-refractivity contribution in [1.29, 1.82) is 0 Å². The quantitative estimate of drug-likeness (QED) is 0.742. The number of hydrogen-bond donors (Lipinski definition) is 1. The van der Waals surface area contributed by atoms with E-state index in [4.69, 9.17) is 9.47 Å². The fourth-order valence-corrected chi connectivity index (χ4v) is 1.90. The molecule has 1 aromatic heterocycles. The van der Waals surface area contributed by atoms with Crippen LogP contribution in [0.2, 0.25) is 0 Å². The summed E-state index contributed by atoms with van der Waals surface area (Å²) in [5, 5.41) is 7.53. The summed E-state index contributed by atoms with van der Waals surface area (Å²) >= 11 is 0. The van der Waals surface area contributed by atoms with Crippen molar-refractivity contribution in [1.82, 2.24) is 14.8 Å². The highest BCUT2D eigenvalue weighted by atomic mass is 16.7. The topological polar surface area (TPSA) is 61.2 Å². The number of nitrogens with zero attached hydrogens (tertiary/aromatic N) is 3. The molecule has 2 heterocycles. The molecule has 1 atom stereocenters. The minimum Gasteiger partial charge on any atom is -0.354 e. The molecule has 0 radical (unpaired) electrons. The predicted octanol–water partition coefficient (Wildman–Crippen LogP) is 0.562. The molecule has 15 heavy (non-hydrogen) atoms. The number of anilines is 1. The molecular formula is C9H16N4O2. The van der Waals surface area contributed by atoms with E-state index in [1.54, 1.807) is 14.2 Å². The molecule has 0 spiro atoms. The van der Waals surface area contributed by atoms with Crippen molar-refractivity contribution in [2.24, 2.45) is 0 Å². The van der Waals surface area contributed by atoms with Gasteiger partial charge >= 0.3 is 0 Å². The number of nitrogens with one attached hydrogen (secondary N) is 1. The van der Waals surface area contributed by atoms with Crippen molar-refractivity contribution in [3.63, 3.8) is 0 Å². The van der Waals surface area contributed by atoms with Crippen LogP contribution in [0.3, 0.4) is 0 Å². The monoisotopic (exact) mass is 212 g/mol. The van der Waals surface area contributed by atoms with Gasteiger partial charge < -0.3 is 14.8 Å². The highest BCUT2D eigenvalue weighted by Crippen LogP contribution is 2.26. The molecule has 2 rings (SSSR count). The number of ether oxygens (including phenoxy) is 2. The van der Waals surface area contributed by atoms with Crippen molar-refractivity contribution in [2.75, 3.05) is 26.1 Å². The Morgan fingerprint density at radius 2 is 2.20 bits per heavy atom. The van der Waals surface area contributed by atoms with E-state index in [-0.39, 0.29) is 12.3 Å². The van der Waals surface area contributed by atoms with E-state index < -0.39 is 0 Å². The van der Waals surface area contributed by atoms with Gasteiger partial charge in [-0.15, -0.1) is 0 Å². The number of methoxy groups -OCH3 is 2. The Hall–Kier alpha value is -1.14. The van der Waals surface area contributed by atoms with Gasteiger partial charge in [0.15, 0.2) is 6.29 Å². The van der Waals surface area contributed by atoms with E-state index in [1.807, 2.05) is 11.6 Å². The first kappa shape index (κ1) is 10.4. The van der Waals surface area contributed by atoms with Crippen LogP contribution in [0.4, 0.5) is 5.95 Å². The van der Waals surface area contributed by atoms with Crippen LogP contribution in [-0.4, -0.2) is 41.8 Å². The van der Waals surface area contributed by atoms with Crippen LogP contribution in [0.5, 0.6) is 0 Å². The van der Waals surface area contributed by atoms with Crippen LogP contribution >= 0.6 is 0 Å². The second-order valence-corrected chi connectivity index (χ2v) is 3.55. The van der Waals surface area contributed by atoms with Crippen molar-refractivity contribution in [3.05, 3.63) is 5.82 Å². The average Bonchev–Trinajstić information content (AvgIpc) is 2.61. The first-order valence-electron chi connectivity index (χ1n) is 4.99. The summed E-state index contributed by atoms with van der Waals surface area (Å²) in [7, 11) is 3.28. The van der Waals surface area contributed by atoms with Crippen LogP contribution in [0.1, 0.15) is 18.3 Å². The molecule has 0 aromatic carbocycles. The second-order valence-electron chi connectivity index (χ2n) is 3.55. The third-order valence-corrected chi connectivity index (χ3v) is 2.55. The van der Waals surface area contributed by atoms with E-state index in [1.165, 1.54) is 0 Å². The second kappa shape index (κ2) is 4.16. The Balaban J connectivity index is 2.28. The van der Waals surface area contributed by atoms with Crippen LogP contribution in [0.25, 0.3) is 0 Å². The summed E-state index contributed by atoms with van der Waals surface area (Å²) in [6.45, 7) is 2.74. The van der Waals surface area contributed by atoms with E-state index in [0.29, 0.717) is 0 Å². The van der Waals surface area contributed by atoms with Gasteiger partial charge in [0.2, 0.25) is 5.95 Å². The zero-order valence-corrected chi connectivity index (χ0v) is 9.23. The maximum Gasteiger partial charge on any atom is 0.221 e. The smallest absolute Gasteiger partial charge is 0.221 e. The molecule has 6 nitrogen and oxygen atoms in total. The van der Waals surface area contributed by atoms with Crippen LogP contribution in [0, 0.1) is 6.92 Å². The van der Waals surface area contributed by atoms with Crippen molar-refractivity contribution in [2.45, 2.75) is 25.7 Å². The highest BCUT2D eigenvalue weighted by molar-refractivity contribution is 5.27. The summed E-state index contributed by atoms with van der Waals surface area (Å²) in [6.07, 6.45) is 0.647. The Labute approximate surface area is 88.6 Å². The summed E-state index contributed by atoms with van der Waals surface area (Å²) in [5.41, 5.74) is 0. The fourth-order valence-electron chi connectivity index (χ4n) is 1.90. The average molecular weight is 212 g/mol. The van der Waals surface area contributed by atoms with Gasteiger partial charge in [-0.25, -0.2) is 4.68 Å². The lowest BCUT2D eigenvalue weighted by molar-refractivity contribution is -0.135. The summed E-state index contributed by atoms with van der Waals surface area (Å²) in [4.78, 5) is 4.28. The maximum atomic E-state index is 5.27. The molecule has 0 bridgehead atoms. The van der Waals surface area contributed by atoms with Crippen LogP contribution in [-0.2, 0) is 9.47 Å². The molecular weight excluding hydrogens is 196 g/mol. The number of rotatable bonds is 3. The molecule has 84 valence electrons. The van der Waals surface area contributed by atoms with E-state index in [0.717, 1.165) is 24.7 Å². The highest BCUT2D eigenvalue weighted by Gasteiger charge is 2.29. The van der Waals surface area contributed by atoms with Gasteiger partial charge in [0.25, 0.3) is 0 Å². The largest absolute Gasteiger partial charge is 0.354 e. The van der Waals surface area contributed by atoms with Crippen molar-refractivity contribution < 1.29 is 9.47 Å². The SMILES string of the molecule is COC(OC)C1CCNc2nc(C)nn21. The number of aromatic nitrogens is 3. The Bertz CT molecular complexity index is 335. The van der Waals surface area contributed by atoms with Crippen molar-refractivity contribution in [3.8, 4) is 0 Å². The molecule has 1 aliphatic rings. The Kier molecular flexibility index (Phi) is 2.88. The van der Waals surface area contributed by atoms with Gasteiger partial charge in [-0.1, -0.05) is 0 Å². The van der Waals surface area contributed by atoms with Gasteiger partial charge in [-0.2, -0.15) is 10.1 Å². The summed E-state index contributed by atoms with van der Waals surface area (Å²) in [6, 6.07) is 0.0949. The zero-order valence-electron chi connectivity index (χ0n) is 9.23. The van der Waals surface area contributed by atoms with Gasteiger partial charge in [-0.05, 0) is 13.3 Å². The molecule has 0 amide bonds. The third-order valence-electron chi connectivity index (χ3n) is 2.55. The van der Waals surface area contributed by atoms with E-state index in [2.05, 4.69) is 15.4 Å². The molecule has 6 heteroatoms. The molecule has 1 unspecified atom stereocenters. The van der Waals surface area contributed by atoms with E-state index in [9.17, 15) is 0 Å². The Morgan fingerprint density at radius 1 is 1.47 bits per heavy atom. The third kappa shape index (κ3) is 1.82. The fraction of sp³-hybridized carbons (Fsp3) is 0.778.